The Kier molecular flexibility index (Phi) is 3.93. The van der Waals surface area contributed by atoms with Crippen molar-refractivity contribution in [3.05, 3.63) is 29.8 Å². The molecule has 1 fully saturated rings. The minimum Gasteiger partial charge on any atom is -0.508 e. The predicted octanol–water partition coefficient (Wildman–Crippen LogP) is 2.13. The van der Waals surface area contributed by atoms with Gasteiger partial charge in [0.05, 0.1) is 6.10 Å². The molecule has 1 aromatic rings. The van der Waals surface area contributed by atoms with Crippen LogP contribution in [-0.4, -0.2) is 41.9 Å². The first-order valence-corrected chi connectivity index (χ1v) is 6.67. The molecule has 0 spiro atoms. The summed E-state index contributed by atoms with van der Waals surface area (Å²) in [4.78, 5) is 2.14. The van der Waals surface area contributed by atoms with Crippen LogP contribution >= 0.6 is 0 Å². The predicted molar refractivity (Wildman–Crippen MR) is 72.8 cm³/mol. The molecule has 0 unspecified atom stereocenters. The second-order valence-corrected chi connectivity index (χ2v) is 5.70. The van der Waals surface area contributed by atoms with E-state index in [9.17, 15) is 10.2 Å². The van der Waals surface area contributed by atoms with Gasteiger partial charge in [-0.05, 0) is 44.6 Å². The third-order valence-electron chi connectivity index (χ3n) is 4.03. The lowest BCUT2D eigenvalue weighted by Gasteiger charge is -2.43. The summed E-state index contributed by atoms with van der Waals surface area (Å²) < 4.78 is 0. The van der Waals surface area contributed by atoms with Crippen LogP contribution in [0.4, 0.5) is 0 Å². The number of aromatic hydroxyl groups is 1. The fourth-order valence-corrected chi connectivity index (χ4v) is 3.19. The van der Waals surface area contributed by atoms with Crippen molar-refractivity contribution in [2.24, 2.45) is 0 Å². The Balaban J connectivity index is 2.37. The van der Waals surface area contributed by atoms with E-state index < -0.39 is 0 Å². The summed E-state index contributed by atoms with van der Waals surface area (Å²) in [5.41, 5.74) is 0.955. The Morgan fingerprint density at radius 1 is 1.22 bits per heavy atom. The Hall–Kier alpha value is -1.06. The topological polar surface area (TPSA) is 43.7 Å². The van der Waals surface area contributed by atoms with Crippen LogP contribution in [0, 0.1) is 0 Å². The molecule has 0 aliphatic heterocycles. The van der Waals surface area contributed by atoms with Crippen LogP contribution in [0.1, 0.15) is 31.2 Å². The highest BCUT2D eigenvalue weighted by atomic mass is 16.3. The molecule has 1 aliphatic rings. The maximum atomic E-state index is 10.5. The molecular formula is C15H23NO2. The molecule has 2 N–H and O–H groups in total. The molecule has 1 saturated carbocycles. The molecule has 0 bridgehead atoms. The zero-order valence-electron chi connectivity index (χ0n) is 11.3. The standard InChI is InChI=1S/C15H23NO2/c1-16(2)11-15(10-4-3-5-14(15)18)12-6-8-13(17)9-7-12/h6-9,14,17-18H,3-5,10-11H2,1-2H3/t14-,15-/m0/s1. The van der Waals surface area contributed by atoms with Crippen LogP contribution in [0.25, 0.3) is 0 Å². The van der Waals surface area contributed by atoms with Crippen molar-refractivity contribution in [2.45, 2.75) is 37.2 Å². The van der Waals surface area contributed by atoms with Gasteiger partial charge in [0.25, 0.3) is 0 Å². The van der Waals surface area contributed by atoms with Crippen LogP contribution in [-0.2, 0) is 5.41 Å². The molecule has 0 heterocycles. The lowest BCUT2D eigenvalue weighted by atomic mass is 9.67. The average molecular weight is 249 g/mol. The Morgan fingerprint density at radius 2 is 1.89 bits per heavy atom. The van der Waals surface area contributed by atoms with Crippen molar-refractivity contribution in [3.63, 3.8) is 0 Å². The second-order valence-electron chi connectivity index (χ2n) is 5.70. The van der Waals surface area contributed by atoms with Crippen molar-refractivity contribution < 1.29 is 10.2 Å². The van der Waals surface area contributed by atoms with Gasteiger partial charge < -0.3 is 15.1 Å². The average Bonchev–Trinajstić information content (AvgIpc) is 2.32. The van der Waals surface area contributed by atoms with Gasteiger partial charge in [0.2, 0.25) is 0 Å². The molecule has 2 rings (SSSR count). The van der Waals surface area contributed by atoms with Gasteiger partial charge in [-0.3, -0.25) is 0 Å². The number of aliphatic hydroxyl groups excluding tert-OH is 1. The fourth-order valence-electron chi connectivity index (χ4n) is 3.19. The van der Waals surface area contributed by atoms with Crippen LogP contribution < -0.4 is 0 Å². The fraction of sp³-hybridized carbons (Fsp3) is 0.600. The summed E-state index contributed by atoms with van der Waals surface area (Å²) in [7, 11) is 4.09. The van der Waals surface area contributed by atoms with Gasteiger partial charge in [-0.15, -0.1) is 0 Å². The highest BCUT2D eigenvalue weighted by molar-refractivity contribution is 5.33. The zero-order chi connectivity index (χ0) is 13.2. The molecule has 3 nitrogen and oxygen atoms in total. The van der Waals surface area contributed by atoms with E-state index in [1.807, 2.05) is 26.2 Å². The minimum absolute atomic E-state index is 0.185. The largest absolute Gasteiger partial charge is 0.508 e. The van der Waals surface area contributed by atoms with Crippen LogP contribution in [0.15, 0.2) is 24.3 Å². The first-order valence-electron chi connectivity index (χ1n) is 6.67. The van der Waals surface area contributed by atoms with E-state index in [0.29, 0.717) is 0 Å². The van der Waals surface area contributed by atoms with Gasteiger partial charge in [0.15, 0.2) is 0 Å². The second kappa shape index (κ2) is 5.29. The Bertz CT molecular complexity index is 388. The maximum Gasteiger partial charge on any atom is 0.115 e. The van der Waals surface area contributed by atoms with Crippen LogP contribution in [0.5, 0.6) is 5.75 Å². The van der Waals surface area contributed by atoms with Crippen molar-refractivity contribution in [1.29, 1.82) is 0 Å². The van der Waals surface area contributed by atoms with Gasteiger partial charge in [0.1, 0.15) is 5.75 Å². The number of hydrogen-bond acceptors (Lipinski definition) is 3. The monoisotopic (exact) mass is 249 g/mol. The normalized spacial score (nSPS) is 28.6. The van der Waals surface area contributed by atoms with Gasteiger partial charge in [0, 0.05) is 12.0 Å². The highest BCUT2D eigenvalue weighted by Gasteiger charge is 2.41. The number of hydrogen-bond donors (Lipinski definition) is 2. The molecule has 3 heteroatoms. The van der Waals surface area contributed by atoms with Crippen molar-refractivity contribution >= 4 is 0 Å². The lowest BCUT2D eigenvalue weighted by Crippen LogP contribution is -2.49. The van der Waals surface area contributed by atoms with Crippen molar-refractivity contribution in [1.82, 2.24) is 4.90 Å². The molecule has 1 aromatic carbocycles. The SMILES string of the molecule is CN(C)C[C@]1(c2ccc(O)cc2)CCCC[C@@H]1O. The number of benzene rings is 1. The van der Waals surface area contributed by atoms with E-state index in [1.165, 1.54) is 0 Å². The van der Waals surface area contributed by atoms with Crippen molar-refractivity contribution in [3.8, 4) is 5.75 Å². The minimum atomic E-state index is -0.293. The summed E-state index contributed by atoms with van der Waals surface area (Å²) in [6, 6.07) is 7.34. The van der Waals surface area contributed by atoms with Gasteiger partial charge in [-0.1, -0.05) is 25.0 Å². The number of phenols is 1. The number of aliphatic hydroxyl groups is 1. The third-order valence-corrected chi connectivity index (χ3v) is 4.03. The van der Waals surface area contributed by atoms with Crippen LogP contribution in [0.2, 0.25) is 0 Å². The summed E-state index contributed by atoms with van der Waals surface area (Å²) in [5, 5.41) is 19.9. The van der Waals surface area contributed by atoms with E-state index in [4.69, 9.17) is 0 Å². The molecule has 0 amide bonds. The molecule has 2 atom stereocenters. The van der Waals surface area contributed by atoms with Crippen LogP contribution in [0.3, 0.4) is 0 Å². The molecule has 1 aliphatic carbocycles. The lowest BCUT2D eigenvalue weighted by molar-refractivity contribution is 0.0264. The smallest absolute Gasteiger partial charge is 0.115 e. The summed E-state index contributed by atoms with van der Waals surface area (Å²) >= 11 is 0. The quantitative estimate of drug-likeness (QED) is 0.862. The number of phenolic OH excluding ortho intramolecular Hbond substituents is 1. The van der Waals surface area contributed by atoms with E-state index in [0.717, 1.165) is 37.8 Å². The summed E-state index contributed by atoms with van der Waals surface area (Å²) in [5.74, 6) is 0.282. The van der Waals surface area contributed by atoms with E-state index in [2.05, 4.69) is 4.90 Å². The third kappa shape index (κ3) is 2.52. The maximum absolute atomic E-state index is 10.5. The van der Waals surface area contributed by atoms with E-state index in [1.54, 1.807) is 12.1 Å². The number of likely N-dealkylation sites (N-methyl/N-ethyl adjacent to an activating group) is 1. The zero-order valence-corrected chi connectivity index (χ0v) is 11.3. The molecule has 0 saturated heterocycles. The molecule has 18 heavy (non-hydrogen) atoms. The molecule has 0 aromatic heterocycles. The molecule has 0 radical (unpaired) electrons. The number of rotatable bonds is 3. The van der Waals surface area contributed by atoms with Crippen molar-refractivity contribution in [2.75, 3.05) is 20.6 Å². The van der Waals surface area contributed by atoms with Gasteiger partial charge >= 0.3 is 0 Å². The van der Waals surface area contributed by atoms with Gasteiger partial charge in [-0.25, -0.2) is 0 Å². The van der Waals surface area contributed by atoms with E-state index >= 15 is 0 Å². The highest BCUT2D eigenvalue weighted by Crippen LogP contribution is 2.40. The summed E-state index contributed by atoms with van der Waals surface area (Å²) in [6.07, 6.45) is 3.85. The first kappa shape index (κ1) is 13.4. The summed E-state index contributed by atoms with van der Waals surface area (Å²) in [6.45, 7) is 0.846. The molecule has 100 valence electrons. The Morgan fingerprint density at radius 3 is 2.44 bits per heavy atom. The van der Waals surface area contributed by atoms with E-state index in [-0.39, 0.29) is 17.3 Å². The molecular weight excluding hydrogens is 226 g/mol. The first-order chi connectivity index (χ1) is 8.54. The number of nitrogens with zero attached hydrogens (tertiary/aromatic N) is 1. The van der Waals surface area contributed by atoms with Gasteiger partial charge in [-0.2, -0.15) is 0 Å². The Labute approximate surface area is 109 Å².